The number of carbonyl (C=O) groups is 3. The molecule has 17 nitrogen and oxygen atoms in total. The molecule has 3 aliphatic rings. The number of nitrogens with zero attached hydrogens (tertiary/aromatic N) is 1. The predicted octanol–water partition coefficient (Wildman–Crippen LogP) is 3.62. The lowest BCUT2D eigenvalue weighted by molar-refractivity contribution is -0.304. The van der Waals surface area contributed by atoms with Gasteiger partial charge in [0.15, 0.2) is 18.4 Å². The quantitative estimate of drug-likeness (QED) is 0.185. The Hall–Kier alpha value is -3.33. The van der Waals surface area contributed by atoms with Gasteiger partial charge >= 0.3 is 11.9 Å². The SMILES string of the molecule is CCOC(=O)c1ccc(OCC[C@H]2C[C@@H](C)C(=O)/C=C/C(C)=C/[C@H](CO[C@@H]3O[C@H](C)[C@@H](O)[C@@H](OC)[C@H]3OC)[C@@H](CC)OC(=O)C[C@@H](O)[C@H](C)[C@H]2O[C@@H]2O[C@H](C)[C@@H](O)[C@H](N(C)C)[C@H]2O)cc1. The van der Waals surface area contributed by atoms with Crippen LogP contribution in [0.3, 0.4) is 0 Å². The number of ether oxygens (including phenoxy) is 9. The van der Waals surface area contributed by atoms with E-state index in [-0.39, 0.29) is 32.0 Å². The lowest BCUT2D eigenvalue weighted by Crippen LogP contribution is -2.63. The Balaban J connectivity index is 1.68. The van der Waals surface area contributed by atoms with Gasteiger partial charge in [-0.3, -0.25) is 9.59 Å². The molecule has 0 bridgehead atoms. The Morgan fingerprint density at radius 1 is 0.846 bits per heavy atom. The first-order chi connectivity index (χ1) is 30.8. The molecule has 0 amide bonds. The van der Waals surface area contributed by atoms with Crippen molar-refractivity contribution in [3.8, 4) is 5.75 Å². The van der Waals surface area contributed by atoms with Gasteiger partial charge in [-0.15, -0.1) is 0 Å². The van der Waals surface area contributed by atoms with Crippen molar-refractivity contribution >= 4 is 17.7 Å². The fourth-order valence-corrected chi connectivity index (χ4v) is 8.92. The third-order valence-electron chi connectivity index (χ3n) is 12.8. The number of ketones is 1. The van der Waals surface area contributed by atoms with Gasteiger partial charge in [0.2, 0.25) is 0 Å². The van der Waals surface area contributed by atoms with Gasteiger partial charge in [0.05, 0.1) is 68.4 Å². The summed E-state index contributed by atoms with van der Waals surface area (Å²) in [7, 11) is 6.41. The molecule has 0 aliphatic carbocycles. The number of carbonyl (C=O) groups excluding carboxylic acids is 3. The van der Waals surface area contributed by atoms with Gasteiger partial charge in [-0.25, -0.2) is 4.79 Å². The first-order valence-electron chi connectivity index (χ1n) is 22.9. The zero-order valence-corrected chi connectivity index (χ0v) is 39.9. The van der Waals surface area contributed by atoms with E-state index >= 15 is 0 Å². The number of rotatable bonds is 15. The van der Waals surface area contributed by atoms with E-state index in [1.165, 1.54) is 20.3 Å². The maximum Gasteiger partial charge on any atom is 0.338 e. The third kappa shape index (κ3) is 14.6. The van der Waals surface area contributed by atoms with Gasteiger partial charge in [0.25, 0.3) is 0 Å². The summed E-state index contributed by atoms with van der Waals surface area (Å²) in [5.41, 5.74) is 1.08. The average Bonchev–Trinajstić information content (AvgIpc) is 3.27. The Labute approximate surface area is 384 Å². The number of allylic oxidation sites excluding steroid dienone is 3. The topological polar surface area (TPSA) is 218 Å². The van der Waals surface area contributed by atoms with E-state index in [1.54, 1.807) is 77.0 Å². The summed E-state index contributed by atoms with van der Waals surface area (Å²) in [4.78, 5) is 41.8. The number of hydrogen-bond acceptors (Lipinski definition) is 17. The van der Waals surface area contributed by atoms with Crippen molar-refractivity contribution < 1.29 is 77.4 Å². The number of likely N-dealkylation sites (N-methyl/N-ethyl adjacent to an activating group) is 1. The Morgan fingerprint density at radius 2 is 1.49 bits per heavy atom. The summed E-state index contributed by atoms with van der Waals surface area (Å²) < 4.78 is 53.6. The van der Waals surface area contributed by atoms with Crippen molar-refractivity contribution in [2.75, 3.05) is 48.1 Å². The Bertz CT molecular complexity index is 1710. The summed E-state index contributed by atoms with van der Waals surface area (Å²) in [5, 5.41) is 45.2. The van der Waals surface area contributed by atoms with E-state index in [0.717, 1.165) is 0 Å². The maximum absolute atomic E-state index is 14.0. The molecule has 1 aromatic carbocycles. The number of esters is 2. The molecule has 4 N–H and O–H groups in total. The van der Waals surface area contributed by atoms with Crippen LogP contribution in [0.1, 0.15) is 84.5 Å². The lowest BCUT2D eigenvalue weighted by Gasteiger charge is -2.46. The molecule has 2 fully saturated rings. The van der Waals surface area contributed by atoms with E-state index in [9.17, 15) is 34.8 Å². The van der Waals surface area contributed by atoms with E-state index in [1.807, 2.05) is 26.8 Å². The van der Waals surface area contributed by atoms with Crippen LogP contribution in [0, 0.1) is 23.7 Å². The average molecular weight is 922 g/mol. The highest BCUT2D eigenvalue weighted by Gasteiger charge is 2.48. The zero-order valence-electron chi connectivity index (χ0n) is 39.9. The monoisotopic (exact) mass is 922 g/mol. The van der Waals surface area contributed by atoms with E-state index in [0.29, 0.717) is 29.7 Å². The number of hydrogen-bond donors (Lipinski definition) is 4. The predicted molar refractivity (Wildman–Crippen MR) is 238 cm³/mol. The fourth-order valence-electron chi connectivity index (χ4n) is 8.92. The number of cyclic esters (lactones) is 1. The molecule has 65 heavy (non-hydrogen) atoms. The van der Waals surface area contributed by atoms with Crippen LogP contribution in [-0.4, -0.2) is 171 Å². The smallest absolute Gasteiger partial charge is 0.338 e. The normalized spacial score (nSPS) is 38.1. The van der Waals surface area contributed by atoms with Gasteiger partial charge in [0.1, 0.15) is 36.3 Å². The molecule has 3 aliphatic heterocycles. The summed E-state index contributed by atoms with van der Waals surface area (Å²) in [6.45, 7) is 12.7. The van der Waals surface area contributed by atoms with Gasteiger partial charge in [0, 0.05) is 32.0 Å². The second-order valence-electron chi connectivity index (χ2n) is 17.8. The van der Waals surface area contributed by atoms with Crippen LogP contribution in [-0.2, 0) is 47.5 Å². The molecule has 0 unspecified atom stereocenters. The minimum Gasteiger partial charge on any atom is -0.494 e. The van der Waals surface area contributed by atoms with Crippen molar-refractivity contribution in [3.63, 3.8) is 0 Å². The fraction of sp³-hybridized carbons (Fsp3) is 0.729. The van der Waals surface area contributed by atoms with Gasteiger partial charge < -0.3 is 68.0 Å². The lowest BCUT2D eigenvalue weighted by atomic mass is 9.79. The summed E-state index contributed by atoms with van der Waals surface area (Å²) in [6, 6.07) is 5.78. The van der Waals surface area contributed by atoms with Gasteiger partial charge in [-0.05, 0) is 97.3 Å². The summed E-state index contributed by atoms with van der Waals surface area (Å²) in [6.07, 6.45) is -5.69. The molecule has 2 saturated heterocycles. The largest absolute Gasteiger partial charge is 0.494 e. The molecular weight excluding hydrogens is 847 g/mol. The van der Waals surface area contributed by atoms with Crippen molar-refractivity contribution in [2.24, 2.45) is 23.7 Å². The van der Waals surface area contributed by atoms with Crippen molar-refractivity contribution in [1.29, 1.82) is 0 Å². The molecule has 0 radical (unpaired) electrons. The van der Waals surface area contributed by atoms with E-state index in [4.69, 9.17) is 42.6 Å². The van der Waals surface area contributed by atoms with Gasteiger partial charge in [-0.2, -0.15) is 0 Å². The summed E-state index contributed by atoms with van der Waals surface area (Å²) >= 11 is 0. The zero-order chi connectivity index (χ0) is 48.1. The van der Waals surface area contributed by atoms with Crippen LogP contribution in [0.5, 0.6) is 5.75 Å². The standard InChI is InChI=1S/C48H75NO16/c1-12-37-33(25-61-48-45(58-11)44(57-10)41(54)30(7)63-48)22-26(3)14-19-35(50)27(4)23-32(20-21-60-34-17-15-31(16-18-34)46(56)59-13-2)43(28(5)36(51)24-38(52)64-37)65-47-42(55)39(49(8)9)40(53)29(6)62-47/h14-19,22,27-30,32-33,36-37,39-45,47-48,51,53-55H,12-13,20-21,23-25H2,1-11H3/b19-14+,26-22+/t27-,28+,29-,30-,32+,33-,36-,37-,39+,40-,41-,42-,43-,44-,45-,47+,48-/m1/s1. The van der Waals surface area contributed by atoms with Crippen LogP contribution in [0.25, 0.3) is 0 Å². The van der Waals surface area contributed by atoms with Crippen molar-refractivity contribution in [3.05, 3.63) is 53.6 Å². The van der Waals surface area contributed by atoms with Crippen LogP contribution in [0.4, 0.5) is 0 Å². The van der Waals surface area contributed by atoms with Crippen LogP contribution in [0.2, 0.25) is 0 Å². The maximum atomic E-state index is 14.0. The number of methoxy groups -OCH3 is 2. The van der Waals surface area contributed by atoms with E-state index in [2.05, 4.69) is 0 Å². The van der Waals surface area contributed by atoms with Crippen molar-refractivity contribution in [2.45, 2.75) is 154 Å². The number of aliphatic hydroxyl groups excluding tert-OH is 4. The second-order valence-corrected chi connectivity index (χ2v) is 17.8. The van der Waals surface area contributed by atoms with Crippen LogP contribution >= 0.6 is 0 Å². The van der Waals surface area contributed by atoms with Crippen LogP contribution in [0.15, 0.2) is 48.1 Å². The molecule has 0 saturated carbocycles. The highest BCUT2D eigenvalue weighted by Crippen LogP contribution is 2.35. The highest BCUT2D eigenvalue weighted by atomic mass is 16.7. The first-order valence-corrected chi connectivity index (χ1v) is 22.9. The molecule has 3 heterocycles. The van der Waals surface area contributed by atoms with Crippen molar-refractivity contribution in [1.82, 2.24) is 4.90 Å². The number of aliphatic hydroxyl groups is 4. The molecular formula is C48H75NO16. The third-order valence-corrected chi connectivity index (χ3v) is 12.8. The molecule has 4 rings (SSSR count). The first kappa shape index (κ1) is 54.3. The molecule has 17 atom stereocenters. The molecule has 0 spiro atoms. The molecule has 0 aromatic heterocycles. The molecule has 17 heteroatoms. The number of benzene rings is 1. The molecule has 1 aromatic rings. The van der Waals surface area contributed by atoms with Crippen LogP contribution < -0.4 is 4.74 Å². The minimum atomic E-state index is -1.32. The Kier molecular flexibility index (Phi) is 21.5. The minimum absolute atomic E-state index is 0.00400. The molecule has 368 valence electrons. The Morgan fingerprint density at radius 3 is 2.11 bits per heavy atom. The van der Waals surface area contributed by atoms with E-state index < -0.39 is 122 Å². The summed E-state index contributed by atoms with van der Waals surface area (Å²) in [5.74, 6) is -3.19. The highest BCUT2D eigenvalue weighted by molar-refractivity contribution is 5.91. The second kappa shape index (κ2) is 25.7. The van der Waals surface area contributed by atoms with Gasteiger partial charge in [-0.1, -0.05) is 38.5 Å².